The van der Waals surface area contributed by atoms with Gasteiger partial charge in [-0.15, -0.1) is 11.6 Å². The summed E-state index contributed by atoms with van der Waals surface area (Å²) in [6.07, 6.45) is 0. The van der Waals surface area contributed by atoms with Crippen molar-refractivity contribution in [2.75, 3.05) is 14.2 Å². The van der Waals surface area contributed by atoms with Crippen LogP contribution >= 0.6 is 11.6 Å². The van der Waals surface area contributed by atoms with Crippen molar-refractivity contribution < 1.29 is 14.3 Å². The van der Waals surface area contributed by atoms with E-state index in [2.05, 4.69) is 25.5 Å². The molecule has 0 N–H and O–H groups in total. The van der Waals surface area contributed by atoms with Gasteiger partial charge in [0.2, 0.25) is 0 Å². The summed E-state index contributed by atoms with van der Waals surface area (Å²) in [7, 11) is 2.87. The summed E-state index contributed by atoms with van der Waals surface area (Å²) in [6.45, 7) is 6.29. The Hall–Kier alpha value is -1.22. The molecule has 4 heteroatoms. The van der Waals surface area contributed by atoms with Gasteiger partial charge in [-0.3, -0.25) is 4.79 Å². The second-order valence-corrected chi connectivity index (χ2v) is 5.53. The smallest absolute Gasteiger partial charge is 0.328 e. The second-order valence-electron chi connectivity index (χ2n) is 5.09. The highest BCUT2D eigenvalue weighted by molar-refractivity contribution is 6.30. The van der Waals surface area contributed by atoms with Crippen LogP contribution < -0.4 is 4.74 Å². The van der Waals surface area contributed by atoms with Crippen LogP contribution in [0.3, 0.4) is 0 Å². The molecule has 1 aromatic carbocycles. The van der Waals surface area contributed by atoms with Crippen LogP contribution in [0.5, 0.6) is 5.75 Å². The van der Waals surface area contributed by atoms with E-state index in [0.717, 1.165) is 5.56 Å². The minimum Gasteiger partial charge on any atom is -0.496 e. The van der Waals surface area contributed by atoms with Crippen molar-refractivity contribution in [1.82, 2.24) is 0 Å². The van der Waals surface area contributed by atoms with Gasteiger partial charge in [-0.25, -0.2) is 0 Å². The van der Waals surface area contributed by atoms with Gasteiger partial charge in [-0.05, 0) is 23.1 Å². The molecule has 0 aliphatic heterocycles. The Balaban J connectivity index is 3.26. The zero-order valence-electron chi connectivity index (χ0n) is 11.4. The van der Waals surface area contributed by atoms with E-state index < -0.39 is 11.3 Å². The van der Waals surface area contributed by atoms with Crippen molar-refractivity contribution >= 4 is 17.6 Å². The number of carbonyl (C=O) groups is 1. The number of hydrogen-bond acceptors (Lipinski definition) is 3. The van der Waals surface area contributed by atoms with Crippen LogP contribution in [0.4, 0.5) is 0 Å². The molecule has 0 aliphatic carbocycles. The van der Waals surface area contributed by atoms with E-state index in [-0.39, 0.29) is 5.41 Å². The highest BCUT2D eigenvalue weighted by Gasteiger charge is 2.24. The van der Waals surface area contributed by atoms with Crippen molar-refractivity contribution in [3.05, 3.63) is 29.3 Å². The zero-order chi connectivity index (χ0) is 13.9. The van der Waals surface area contributed by atoms with E-state index in [1.807, 2.05) is 18.2 Å². The number of ether oxygens (including phenoxy) is 2. The molecule has 0 spiro atoms. The highest BCUT2D eigenvalue weighted by atomic mass is 35.5. The molecule has 3 nitrogen and oxygen atoms in total. The largest absolute Gasteiger partial charge is 0.496 e. The van der Waals surface area contributed by atoms with Gasteiger partial charge in [0.05, 0.1) is 14.2 Å². The molecule has 0 heterocycles. The highest BCUT2D eigenvalue weighted by Crippen LogP contribution is 2.34. The minimum atomic E-state index is -0.854. The minimum absolute atomic E-state index is 0.0201. The first-order valence-corrected chi connectivity index (χ1v) is 6.15. The SMILES string of the molecule is COC(=O)C(Cl)c1cc(C(C)(C)C)ccc1OC. The molecule has 0 bridgehead atoms. The van der Waals surface area contributed by atoms with Gasteiger partial charge in [-0.2, -0.15) is 0 Å². The van der Waals surface area contributed by atoms with E-state index >= 15 is 0 Å². The normalized spacial score (nSPS) is 13.0. The molecule has 0 fully saturated rings. The number of alkyl halides is 1. The number of benzene rings is 1. The van der Waals surface area contributed by atoms with Gasteiger partial charge in [0, 0.05) is 5.56 Å². The fourth-order valence-electron chi connectivity index (χ4n) is 1.63. The zero-order valence-corrected chi connectivity index (χ0v) is 12.2. The van der Waals surface area contributed by atoms with Gasteiger partial charge in [0.1, 0.15) is 5.75 Å². The third kappa shape index (κ3) is 3.16. The Labute approximate surface area is 113 Å². The number of rotatable bonds is 3. The first kappa shape index (κ1) is 14.8. The van der Waals surface area contributed by atoms with Crippen molar-refractivity contribution in [3.63, 3.8) is 0 Å². The van der Waals surface area contributed by atoms with Gasteiger partial charge < -0.3 is 9.47 Å². The third-order valence-corrected chi connectivity index (χ3v) is 3.19. The van der Waals surface area contributed by atoms with Crippen LogP contribution in [0, 0.1) is 0 Å². The summed E-state index contributed by atoms with van der Waals surface area (Å²) in [5.74, 6) is 0.106. The lowest BCUT2D eigenvalue weighted by atomic mass is 9.85. The number of hydrogen-bond donors (Lipinski definition) is 0. The maximum Gasteiger partial charge on any atom is 0.328 e. The summed E-state index contributed by atoms with van der Waals surface area (Å²) < 4.78 is 9.90. The van der Waals surface area contributed by atoms with Crippen molar-refractivity contribution in [1.29, 1.82) is 0 Å². The third-order valence-electron chi connectivity index (χ3n) is 2.78. The molecule has 0 radical (unpaired) electrons. The molecule has 0 amide bonds. The quantitative estimate of drug-likeness (QED) is 0.623. The second kappa shape index (κ2) is 5.61. The average Bonchev–Trinajstić information content (AvgIpc) is 2.35. The number of methoxy groups -OCH3 is 2. The molecule has 1 aromatic rings. The summed E-state index contributed by atoms with van der Waals surface area (Å²) in [6, 6.07) is 5.70. The summed E-state index contributed by atoms with van der Waals surface area (Å²) in [4.78, 5) is 11.5. The average molecular weight is 271 g/mol. The molecule has 1 rings (SSSR count). The van der Waals surface area contributed by atoms with Crippen LogP contribution in [0.25, 0.3) is 0 Å². The van der Waals surface area contributed by atoms with E-state index in [4.69, 9.17) is 16.3 Å². The number of carbonyl (C=O) groups excluding carboxylic acids is 1. The maximum absolute atomic E-state index is 11.5. The lowest BCUT2D eigenvalue weighted by Gasteiger charge is -2.22. The van der Waals surface area contributed by atoms with Crippen LogP contribution in [0.2, 0.25) is 0 Å². The van der Waals surface area contributed by atoms with Crippen molar-refractivity contribution in [3.8, 4) is 5.75 Å². The van der Waals surface area contributed by atoms with Gasteiger partial charge in [0.25, 0.3) is 0 Å². The molecule has 1 unspecified atom stereocenters. The predicted octanol–water partition coefficient (Wildman–Crippen LogP) is 3.45. The summed E-state index contributed by atoms with van der Waals surface area (Å²) in [5, 5.41) is -0.854. The van der Waals surface area contributed by atoms with Gasteiger partial charge >= 0.3 is 5.97 Å². The van der Waals surface area contributed by atoms with Crippen LogP contribution in [-0.2, 0) is 14.9 Å². The summed E-state index contributed by atoms with van der Waals surface area (Å²) in [5.41, 5.74) is 1.71. The molecule has 18 heavy (non-hydrogen) atoms. The van der Waals surface area contributed by atoms with E-state index in [9.17, 15) is 4.79 Å². The lowest BCUT2D eigenvalue weighted by molar-refractivity contribution is -0.140. The van der Waals surface area contributed by atoms with Gasteiger partial charge in [-0.1, -0.05) is 26.8 Å². The molecule has 0 aromatic heterocycles. The molecule has 0 aliphatic rings. The Morgan fingerprint density at radius 2 is 1.89 bits per heavy atom. The molecule has 100 valence electrons. The van der Waals surface area contributed by atoms with Gasteiger partial charge in [0.15, 0.2) is 5.38 Å². The Morgan fingerprint density at radius 3 is 2.33 bits per heavy atom. The van der Waals surface area contributed by atoms with E-state index in [1.165, 1.54) is 7.11 Å². The Bertz CT molecular complexity index is 435. The van der Waals surface area contributed by atoms with Crippen LogP contribution in [-0.4, -0.2) is 20.2 Å². The predicted molar refractivity (Wildman–Crippen MR) is 72.3 cm³/mol. The molecular weight excluding hydrogens is 252 g/mol. The standard InChI is InChI=1S/C14H19ClO3/c1-14(2,3)9-6-7-11(17-4)10(8-9)12(15)13(16)18-5/h6-8,12H,1-5H3. The fraction of sp³-hybridized carbons (Fsp3) is 0.500. The van der Waals surface area contributed by atoms with E-state index in [1.54, 1.807) is 7.11 Å². The maximum atomic E-state index is 11.5. The fourth-order valence-corrected chi connectivity index (χ4v) is 1.89. The number of halogens is 1. The molecule has 1 atom stereocenters. The Morgan fingerprint density at radius 1 is 1.28 bits per heavy atom. The summed E-state index contributed by atoms with van der Waals surface area (Å²) >= 11 is 6.11. The monoisotopic (exact) mass is 270 g/mol. The lowest BCUT2D eigenvalue weighted by Crippen LogP contribution is -2.14. The first-order chi connectivity index (χ1) is 8.31. The Kier molecular flexibility index (Phi) is 4.63. The van der Waals surface area contributed by atoms with Crippen LogP contribution in [0.15, 0.2) is 18.2 Å². The molecular formula is C14H19ClO3. The number of esters is 1. The topological polar surface area (TPSA) is 35.5 Å². The van der Waals surface area contributed by atoms with Crippen molar-refractivity contribution in [2.45, 2.75) is 31.6 Å². The van der Waals surface area contributed by atoms with Crippen LogP contribution in [0.1, 0.15) is 37.3 Å². The molecule has 0 saturated heterocycles. The molecule has 0 saturated carbocycles. The first-order valence-electron chi connectivity index (χ1n) is 5.71. The van der Waals surface area contributed by atoms with E-state index in [0.29, 0.717) is 11.3 Å². The van der Waals surface area contributed by atoms with Crippen molar-refractivity contribution in [2.24, 2.45) is 0 Å².